The Hall–Kier alpha value is -2.42. The molecular weight excluding hydrogens is 1860 g/mol. The zero-order valence-corrected chi connectivity index (χ0v) is 62.2. The van der Waals surface area contributed by atoms with Gasteiger partial charge in [-0.1, -0.05) is 96.5 Å². The summed E-state index contributed by atoms with van der Waals surface area (Å²) in [6.45, 7) is 9.52. The molecule has 0 amide bonds. The van der Waals surface area contributed by atoms with Gasteiger partial charge in [0.15, 0.2) is 33.9 Å². The summed E-state index contributed by atoms with van der Waals surface area (Å²) in [5, 5.41) is 35.9. The molecular formula is C55H53Br4Cl2I4N12O3PV-. The molecule has 15 nitrogen and oxygen atoms in total. The number of hydrogen-bond donors (Lipinski definition) is 2. The fourth-order valence-electron chi connectivity index (χ4n) is 7.64. The van der Waals surface area contributed by atoms with Crippen LogP contribution in [0.2, 0.25) is 10.3 Å². The summed E-state index contributed by atoms with van der Waals surface area (Å²) in [5.74, 6) is 1.18. The van der Waals surface area contributed by atoms with Gasteiger partial charge in [0.05, 0.1) is 24.2 Å². The van der Waals surface area contributed by atoms with Gasteiger partial charge in [0.1, 0.15) is 32.2 Å². The van der Waals surface area contributed by atoms with Gasteiger partial charge in [0.2, 0.25) is 0 Å². The number of ether oxygens (including phenoxy) is 1. The third-order valence-corrected chi connectivity index (χ3v) is 17.5. The Labute approximate surface area is 574 Å². The van der Waals surface area contributed by atoms with Crippen molar-refractivity contribution in [1.82, 2.24) is 58.7 Å². The number of nitrogens with zero attached hydrogens (tertiary/aromatic N) is 12. The SMILES string of the molecule is C.COc1cccc(-c2cc3cnc4cc(C)nn4c3nc2Cl)c1.Cc1cc2ncc3cc(-c4cccc(O)c4)c(Br)nc3n2n1.Cc1cc2ncc3cc(-c4cccc(O)c4)c(Cl)nc3n2n1.[2H]C(C)I.[2H]P(Br)(Br)(Br)CC.[2H][CH2-].[I][V]([I])[I]. The first kappa shape index (κ1) is 65.6. The van der Waals surface area contributed by atoms with Gasteiger partial charge in [-0.25, -0.2) is 31.3 Å². The zero-order valence-electron chi connectivity index (χ0n) is 46.5. The Kier molecular flexibility index (Phi) is 26.0. The molecule has 0 aliphatic rings. The summed E-state index contributed by atoms with van der Waals surface area (Å²) in [4.78, 5) is 26.6. The molecule has 9 aromatic heterocycles. The van der Waals surface area contributed by atoms with Crippen molar-refractivity contribution in [2.75, 3.05) is 17.7 Å². The van der Waals surface area contributed by atoms with Gasteiger partial charge in [-0.15, -0.1) is 0 Å². The normalized spacial score (nSPS) is 12.1. The van der Waals surface area contributed by atoms with Crippen molar-refractivity contribution in [3.8, 4) is 50.6 Å². The summed E-state index contributed by atoms with van der Waals surface area (Å²) in [7, 11) is 4.14. The minimum atomic E-state index is -2.39. The Bertz CT molecular complexity index is 4080. The van der Waals surface area contributed by atoms with Crippen LogP contribution in [0, 0.1) is 28.2 Å². The molecule has 0 bridgehead atoms. The number of halogens is 10. The van der Waals surface area contributed by atoms with Gasteiger partial charge in [-0.05, 0) is 112 Å². The van der Waals surface area contributed by atoms with E-state index in [1.807, 2.05) is 130 Å². The summed E-state index contributed by atoms with van der Waals surface area (Å²) in [5.41, 5.74) is 12.1. The van der Waals surface area contributed by atoms with E-state index < -0.39 is 3.31 Å². The molecule has 12 rings (SSSR count). The number of hydrogen-bond acceptors (Lipinski definition) is 12. The van der Waals surface area contributed by atoms with E-state index in [0.717, 1.165) is 101 Å². The van der Waals surface area contributed by atoms with E-state index in [1.54, 1.807) is 75.6 Å². The number of phenols is 2. The monoisotopic (exact) mass is 1910 g/mol. The third kappa shape index (κ3) is 18.8. The van der Waals surface area contributed by atoms with Crippen LogP contribution in [-0.2, 0) is 4.92 Å². The van der Waals surface area contributed by atoms with Crippen LogP contribution in [0.3, 0.4) is 0 Å². The summed E-state index contributed by atoms with van der Waals surface area (Å²) < 4.78 is 28.3. The predicted octanol–water partition coefficient (Wildman–Crippen LogP) is 20.1. The molecule has 0 saturated heterocycles. The van der Waals surface area contributed by atoms with E-state index >= 15 is 0 Å². The maximum absolute atomic E-state index is 9.66. The average molecular weight is 1910 g/mol. The number of aromatic hydroxyl groups is 2. The fourth-order valence-corrected chi connectivity index (χ4v) is 8.64. The number of fused-ring (bicyclic) bond motifs is 9. The molecule has 0 aliphatic heterocycles. The van der Waals surface area contributed by atoms with Crippen molar-refractivity contribution in [3.05, 3.63) is 167 Å². The van der Waals surface area contributed by atoms with Crippen LogP contribution >= 0.6 is 171 Å². The molecule has 27 heteroatoms. The van der Waals surface area contributed by atoms with Gasteiger partial charge in [-0.3, -0.25) is 0 Å². The molecule has 0 aliphatic carbocycles. The number of pyridine rings is 3. The molecule has 9 heterocycles. The Morgan fingerprint density at radius 3 is 1.30 bits per heavy atom. The van der Waals surface area contributed by atoms with Crippen LogP contribution < -0.4 is 4.74 Å². The Morgan fingerprint density at radius 1 is 0.622 bits per heavy atom. The van der Waals surface area contributed by atoms with E-state index in [2.05, 4.69) is 175 Å². The summed E-state index contributed by atoms with van der Waals surface area (Å²) >= 11 is 35.3. The second-order valence-electron chi connectivity index (χ2n) is 16.8. The van der Waals surface area contributed by atoms with Crippen molar-refractivity contribution in [2.45, 2.75) is 42.0 Å². The number of methoxy groups -OCH3 is 1. The molecule has 12 aromatic rings. The molecule has 432 valence electrons. The quantitative estimate of drug-likeness (QED) is 0.0548. The van der Waals surface area contributed by atoms with E-state index in [-0.39, 0.29) is 28.2 Å². The standard InChI is InChI=1S/C17H13ClN4O.C16H11BrN4O.C16H11ClN4O.C2H6Br3P.C2H5I.CH4.CH3.3HI.V/c1-10-6-15-19-9-12-8-14(11-4-3-5-13(7-11)23-2)16(18)20-17(12)22(15)21-10;2*1-9-5-14-18-8-11-7-13(10-3-2-4-12(22)6-10)15(17)19-16(11)21(14)20-9;1-2-6(3,4)5;1-2-3;;;;;;/h3-9H,1-2H3;2*2-8,22H,1H3;6H,2H2,1H3;2H2,1H3;1H4;1H3;3*1H;/q;;;;;;-1;;;;+3/p-3/i;;;6D;2D;;1D;;;;. The number of aromatic nitrogens is 12. The predicted molar refractivity (Wildman–Crippen MR) is 388 cm³/mol. The molecule has 0 fully saturated rings. The maximum atomic E-state index is 9.66. The first-order chi connectivity index (χ1) is 39.7. The molecule has 1 atom stereocenters. The molecule has 0 spiro atoms. The minimum absolute atomic E-state index is 0. The van der Waals surface area contributed by atoms with Crippen LogP contribution in [0.5, 0.6) is 17.2 Å². The Balaban J connectivity index is 0.000000204. The number of benzene rings is 3. The first-order valence-electron chi connectivity index (χ1n) is 25.1. The molecule has 3 aromatic carbocycles. The molecule has 0 saturated carbocycles. The third-order valence-electron chi connectivity index (χ3n) is 11.1. The zero-order chi connectivity index (χ0) is 61.8. The topological polar surface area (TPSA) is 179 Å². The van der Waals surface area contributed by atoms with Gasteiger partial charge >= 0.3 is 129 Å². The van der Waals surface area contributed by atoms with Gasteiger partial charge < -0.3 is 22.4 Å². The second kappa shape index (κ2) is 32.5. The van der Waals surface area contributed by atoms with E-state index in [0.29, 0.717) is 26.2 Å². The van der Waals surface area contributed by atoms with Crippen molar-refractivity contribution >= 4 is 221 Å². The van der Waals surface area contributed by atoms with Crippen LogP contribution in [-0.4, -0.2) is 87.9 Å². The first-order valence-corrected chi connectivity index (χ1v) is 47.7. The van der Waals surface area contributed by atoms with Gasteiger partial charge in [-0.2, -0.15) is 28.8 Å². The van der Waals surface area contributed by atoms with E-state index in [9.17, 15) is 10.2 Å². The number of alkyl halides is 1. The van der Waals surface area contributed by atoms with Crippen LogP contribution in [0.1, 0.15) is 41.1 Å². The average Bonchev–Trinajstić information content (AvgIpc) is 3.34. The summed E-state index contributed by atoms with van der Waals surface area (Å²) in [6.07, 6.45) is 6.11. The van der Waals surface area contributed by atoms with Gasteiger partial charge in [0.25, 0.3) is 0 Å². The molecule has 82 heavy (non-hydrogen) atoms. The van der Waals surface area contributed by atoms with Crippen molar-refractivity contribution < 1.29 is 22.6 Å². The van der Waals surface area contributed by atoms with E-state index in [4.69, 9.17) is 32.0 Å². The number of rotatable bonds is 5. The van der Waals surface area contributed by atoms with Crippen molar-refractivity contribution in [2.24, 2.45) is 0 Å². The van der Waals surface area contributed by atoms with Crippen LogP contribution in [0.4, 0.5) is 0 Å². The van der Waals surface area contributed by atoms with Crippen LogP contribution in [0.15, 0.2) is 132 Å². The number of aryl methyl sites for hydroxylation is 3. The van der Waals surface area contributed by atoms with Crippen molar-refractivity contribution in [1.29, 1.82) is 1.28 Å². The second-order valence-corrected chi connectivity index (χ2v) is 76.0. The van der Waals surface area contributed by atoms with Crippen molar-refractivity contribution in [3.63, 3.8) is 0 Å². The van der Waals surface area contributed by atoms with Gasteiger partial charge in [0, 0.05) is 71.0 Å². The molecule has 0 radical (unpaired) electrons. The molecule has 2 N–H and O–H groups in total. The Morgan fingerprint density at radius 2 is 0.951 bits per heavy atom. The summed E-state index contributed by atoms with van der Waals surface area (Å²) in [6, 6.07) is 33.3. The van der Waals surface area contributed by atoms with E-state index in [1.165, 1.54) is 0 Å². The number of phenolic OH excluding ortho intramolecular Hbond substituents is 2. The molecule has 1 unspecified atom stereocenters. The van der Waals surface area contributed by atoms with Crippen LogP contribution in [0.25, 0.3) is 83.4 Å². The fraction of sp³-hybridized carbons (Fsp3) is 0.164.